The highest BCUT2D eigenvalue weighted by Crippen LogP contribution is 2.43. The van der Waals surface area contributed by atoms with Crippen molar-refractivity contribution in [1.82, 2.24) is 5.32 Å². The predicted molar refractivity (Wildman–Crippen MR) is 124 cm³/mol. The zero-order valence-electron chi connectivity index (χ0n) is 18.1. The van der Waals surface area contributed by atoms with Crippen molar-refractivity contribution < 1.29 is 13.2 Å². The third-order valence-corrected chi connectivity index (χ3v) is 7.54. The molecule has 1 amide bonds. The highest BCUT2D eigenvalue weighted by atomic mass is 32.2. The maximum absolute atomic E-state index is 13.4. The maximum Gasteiger partial charge on any atom is 0.265 e. The average molecular weight is 435 g/mol. The summed E-state index contributed by atoms with van der Waals surface area (Å²) in [6.07, 6.45) is 0. The average Bonchev–Trinajstić information content (AvgIpc) is 2.71. The summed E-state index contributed by atoms with van der Waals surface area (Å²) in [7, 11) is -3.85. The zero-order chi connectivity index (χ0) is 22.3. The topological polar surface area (TPSA) is 66.5 Å². The van der Waals surface area contributed by atoms with Crippen LogP contribution in [-0.2, 0) is 14.8 Å². The first-order valence-electron chi connectivity index (χ1n) is 10.3. The Labute approximate surface area is 183 Å². The standard InChI is InChI=1S/C25H26N2O3S/c1-16-9-11-20(18(3)13-16)19(4)26-25(28)15-27-23-12-10-17(2)14-22(23)21-7-5-6-8-24(21)31(27,29)30/h5-14,19H,15H2,1-4H3,(H,26,28). The lowest BCUT2D eigenvalue weighted by atomic mass is 10.00. The number of hydrogen-bond acceptors (Lipinski definition) is 3. The van der Waals surface area contributed by atoms with Crippen molar-refractivity contribution in [1.29, 1.82) is 0 Å². The second-order valence-corrected chi connectivity index (χ2v) is 10.0. The Morgan fingerprint density at radius 1 is 0.935 bits per heavy atom. The van der Waals surface area contributed by atoms with E-state index in [4.69, 9.17) is 0 Å². The summed E-state index contributed by atoms with van der Waals surface area (Å²) < 4.78 is 28.0. The summed E-state index contributed by atoms with van der Waals surface area (Å²) in [6.45, 7) is 7.64. The van der Waals surface area contributed by atoms with Gasteiger partial charge in [-0.25, -0.2) is 8.42 Å². The largest absolute Gasteiger partial charge is 0.348 e. The SMILES string of the molecule is Cc1ccc(C(C)NC(=O)CN2c3ccc(C)cc3-c3ccccc3S2(=O)=O)c(C)c1. The second-order valence-electron chi connectivity index (χ2n) is 8.18. The van der Waals surface area contributed by atoms with E-state index in [1.807, 2.05) is 64.1 Å². The van der Waals surface area contributed by atoms with Gasteiger partial charge in [0.15, 0.2) is 0 Å². The van der Waals surface area contributed by atoms with Gasteiger partial charge in [-0.3, -0.25) is 9.10 Å². The van der Waals surface area contributed by atoms with Crippen LogP contribution in [0.3, 0.4) is 0 Å². The number of hydrogen-bond donors (Lipinski definition) is 1. The summed E-state index contributed by atoms with van der Waals surface area (Å²) >= 11 is 0. The van der Waals surface area contributed by atoms with Crippen LogP contribution in [0, 0.1) is 20.8 Å². The quantitative estimate of drug-likeness (QED) is 0.649. The first-order valence-corrected chi connectivity index (χ1v) is 11.7. The molecule has 0 spiro atoms. The molecule has 0 fully saturated rings. The van der Waals surface area contributed by atoms with E-state index in [9.17, 15) is 13.2 Å². The highest BCUT2D eigenvalue weighted by Gasteiger charge is 2.36. The molecular formula is C25H26N2O3S. The molecule has 31 heavy (non-hydrogen) atoms. The van der Waals surface area contributed by atoms with E-state index in [1.165, 1.54) is 4.31 Å². The minimum absolute atomic E-state index is 0.225. The maximum atomic E-state index is 13.4. The first kappa shape index (κ1) is 21.1. The van der Waals surface area contributed by atoms with Gasteiger partial charge < -0.3 is 5.32 Å². The monoisotopic (exact) mass is 434 g/mol. The lowest BCUT2D eigenvalue weighted by Crippen LogP contribution is -2.43. The molecule has 1 N–H and O–H groups in total. The Kier molecular flexibility index (Phi) is 5.35. The molecule has 0 saturated carbocycles. The minimum Gasteiger partial charge on any atom is -0.348 e. The summed E-state index contributed by atoms with van der Waals surface area (Å²) in [5.74, 6) is -0.345. The van der Waals surface area contributed by atoms with E-state index in [1.54, 1.807) is 18.2 Å². The number of carbonyl (C=O) groups is 1. The smallest absolute Gasteiger partial charge is 0.265 e. The van der Waals surface area contributed by atoms with Crippen molar-refractivity contribution in [3.8, 4) is 11.1 Å². The lowest BCUT2D eigenvalue weighted by molar-refractivity contribution is -0.120. The van der Waals surface area contributed by atoms with E-state index < -0.39 is 10.0 Å². The second kappa shape index (κ2) is 7.85. The molecule has 0 aliphatic carbocycles. The number of nitrogens with one attached hydrogen (secondary N) is 1. The van der Waals surface area contributed by atoms with Crippen LogP contribution in [0.4, 0.5) is 5.69 Å². The number of nitrogens with zero attached hydrogens (tertiary/aromatic N) is 1. The third kappa shape index (κ3) is 3.83. The Balaban J connectivity index is 1.66. The van der Waals surface area contributed by atoms with E-state index in [0.717, 1.165) is 27.8 Å². The number of sulfonamides is 1. The molecule has 1 aliphatic heterocycles. The van der Waals surface area contributed by atoms with Gasteiger partial charge in [0, 0.05) is 11.1 Å². The normalized spacial score (nSPS) is 15.0. The summed E-state index contributed by atoms with van der Waals surface area (Å²) in [4.78, 5) is 13.2. The number of rotatable bonds is 4. The molecule has 6 heteroatoms. The summed E-state index contributed by atoms with van der Waals surface area (Å²) in [5, 5.41) is 2.96. The Morgan fingerprint density at radius 2 is 1.61 bits per heavy atom. The molecule has 1 heterocycles. The third-order valence-electron chi connectivity index (χ3n) is 5.72. The molecule has 0 bridgehead atoms. The molecule has 1 unspecified atom stereocenters. The van der Waals surface area contributed by atoms with Crippen LogP contribution >= 0.6 is 0 Å². The molecule has 0 radical (unpaired) electrons. The van der Waals surface area contributed by atoms with Crippen molar-refractivity contribution in [2.45, 2.75) is 38.6 Å². The van der Waals surface area contributed by atoms with Crippen LogP contribution in [0.15, 0.2) is 65.6 Å². The van der Waals surface area contributed by atoms with Gasteiger partial charge in [0.2, 0.25) is 5.91 Å². The zero-order valence-corrected chi connectivity index (χ0v) is 19.0. The summed E-state index contributed by atoms with van der Waals surface area (Å²) in [6, 6.07) is 18.4. The van der Waals surface area contributed by atoms with Crippen LogP contribution in [0.25, 0.3) is 11.1 Å². The van der Waals surface area contributed by atoms with Crippen LogP contribution < -0.4 is 9.62 Å². The number of fused-ring (bicyclic) bond motifs is 3. The Hall–Kier alpha value is -3.12. The molecule has 3 aromatic carbocycles. The molecule has 3 aromatic rings. The van der Waals surface area contributed by atoms with Gasteiger partial charge in [-0.15, -0.1) is 0 Å². The summed E-state index contributed by atoms with van der Waals surface area (Å²) in [5.41, 5.74) is 6.31. The van der Waals surface area contributed by atoms with Crippen LogP contribution in [0.2, 0.25) is 0 Å². The fourth-order valence-corrected chi connectivity index (χ4v) is 5.87. The highest BCUT2D eigenvalue weighted by molar-refractivity contribution is 7.93. The van der Waals surface area contributed by atoms with Gasteiger partial charge in [0.05, 0.1) is 16.6 Å². The van der Waals surface area contributed by atoms with Crippen molar-refractivity contribution in [3.05, 3.63) is 82.9 Å². The molecule has 4 rings (SSSR count). The van der Waals surface area contributed by atoms with E-state index in [0.29, 0.717) is 11.3 Å². The van der Waals surface area contributed by atoms with Crippen LogP contribution in [0.1, 0.15) is 35.2 Å². The van der Waals surface area contributed by atoms with Gasteiger partial charge in [0.1, 0.15) is 6.54 Å². The molecule has 0 saturated heterocycles. The van der Waals surface area contributed by atoms with E-state index in [2.05, 4.69) is 11.4 Å². The molecule has 1 aliphatic rings. The van der Waals surface area contributed by atoms with Gasteiger partial charge in [-0.2, -0.15) is 0 Å². The van der Waals surface area contributed by atoms with Crippen molar-refractivity contribution in [2.75, 3.05) is 10.8 Å². The van der Waals surface area contributed by atoms with Crippen molar-refractivity contribution >= 4 is 21.6 Å². The number of anilines is 1. The number of benzene rings is 3. The predicted octanol–water partition coefficient (Wildman–Crippen LogP) is 4.66. The van der Waals surface area contributed by atoms with Crippen LogP contribution in [-0.4, -0.2) is 20.9 Å². The molecular weight excluding hydrogens is 408 g/mol. The molecule has 1 atom stereocenters. The number of aryl methyl sites for hydroxylation is 3. The van der Waals surface area contributed by atoms with Crippen LogP contribution in [0.5, 0.6) is 0 Å². The van der Waals surface area contributed by atoms with Gasteiger partial charge in [0.25, 0.3) is 10.0 Å². The number of carbonyl (C=O) groups excluding carboxylic acids is 1. The van der Waals surface area contributed by atoms with Gasteiger partial charge in [-0.1, -0.05) is 53.6 Å². The van der Waals surface area contributed by atoms with E-state index in [-0.39, 0.29) is 23.4 Å². The Morgan fingerprint density at radius 3 is 2.35 bits per heavy atom. The minimum atomic E-state index is -3.85. The molecule has 160 valence electrons. The fourth-order valence-electron chi connectivity index (χ4n) is 4.22. The fraction of sp³-hybridized carbons (Fsp3) is 0.240. The van der Waals surface area contributed by atoms with Crippen molar-refractivity contribution in [2.24, 2.45) is 0 Å². The Bertz CT molecular complexity index is 1280. The van der Waals surface area contributed by atoms with Gasteiger partial charge >= 0.3 is 0 Å². The van der Waals surface area contributed by atoms with Gasteiger partial charge in [-0.05, 0) is 57.0 Å². The van der Waals surface area contributed by atoms with E-state index >= 15 is 0 Å². The first-order chi connectivity index (χ1) is 14.7. The van der Waals surface area contributed by atoms with Crippen molar-refractivity contribution in [3.63, 3.8) is 0 Å². The number of amides is 1. The molecule has 0 aromatic heterocycles. The molecule has 5 nitrogen and oxygen atoms in total. The lowest BCUT2D eigenvalue weighted by Gasteiger charge is -2.32.